The van der Waals surface area contributed by atoms with Crippen molar-refractivity contribution in [1.29, 1.82) is 0 Å². The Kier molecular flexibility index (Phi) is 4.99. The number of hydrogen-bond acceptors (Lipinski definition) is 5. The Morgan fingerprint density at radius 1 is 1.28 bits per heavy atom. The number of aromatic nitrogens is 2. The molecule has 1 heterocycles. The van der Waals surface area contributed by atoms with Crippen LogP contribution in [0.2, 0.25) is 0 Å². The summed E-state index contributed by atoms with van der Waals surface area (Å²) in [6, 6.07) is 1.22. The van der Waals surface area contributed by atoms with E-state index in [1.807, 2.05) is 0 Å². The zero-order valence-electron chi connectivity index (χ0n) is 11.4. The highest BCUT2D eigenvalue weighted by molar-refractivity contribution is 5.16. The third kappa shape index (κ3) is 5.04. The number of rotatable bonds is 9. The van der Waals surface area contributed by atoms with E-state index in [2.05, 4.69) is 34.7 Å². The fourth-order valence-electron chi connectivity index (χ4n) is 1.79. The molecule has 1 aliphatic carbocycles. The maximum Gasteiger partial charge on any atom is 0.315 e. The summed E-state index contributed by atoms with van der Waals surface area (Å²) in [4.78, 5) is 0. The first-order valence-corrected chi connectivity index (χ1v) is 7.03. The Morgan fingerprint density at radius 3 is 2.83 bits per heavy atom. The predicted molar refractivity (Wildman–Crippen MR) is 71.3 cm³/mol. The molecule has 1 aromatic rings. The van der Waals surface area contributed by atoms with Crippen molar-refractivity contribution in [1.82, 2.24) is 15.5 Å². The second-order valence-corrected chi connectivity index (χ2v) is 5.47. The van der Waals surface area contributed by atoms with E-state index in [1.165, 1.54) is 25.7 Å². The van der Waals surface area contributed by atoms with Gasteiger partial charge in [-0.2, -0.15) is 0 Å². The van der Waals surface area contributed by atoms with Gasteiger partial charge in [-0.05, 0) is 25.2 Å². The van der Waals surface area contributed by atoms with E-state index < -0.39 is 0 Å². The molecule has 0 spiro atoms. The van der Waals surface area contributed by atoms with Gasteiger partial charge in [0.15, 0.2) is 0 Å². The van der Waals surface area contributed by atoms with Crippen LogP contribution in [0.4, 0.5) is 6.01 Å². The first-order valence-electron chi connectivity index (χ1n) is 7.03. The smallest absolute Gasteiger partial charge is 0.315 e. The fourth-order valence-corrected chi connectivity index (χ4v) is 1.79. The molecule has 0 radical (unpaired) electrons. The summed E-state index contributed by atoms with van der Waals surface area (Å²) in [5.74, 6) is 1.46. The largest absolute Gasteiger partial charge is 0.407 e. The number of nitrogens with zero attached hydrogens (tertiary/aromatic N) is 2. The second-order valence-electron chi connectivity index (χ2n) is 5.47. The van der Waals surface area contributed by atoms with E-state index in [4.69, 9.17) is 4.42 Å². The first kappa shape index (κ1) is 13.3. The Labute approximate surface area is 109 Å². The molecule has 5 nitrogen and oxygen atoms in total. The van der Waals surface area contributed by atoms with Gasteiger partial charge < -0.3 is 15.1 Å². The zero-order valence-corrected chi connectivity index (χ0v) is 11.4. The minimum atomic E-state index is 0.548. The summed E-state index contributed by atoms with van der Waals surface area (Å²) in [5, 5.41) is 14.5. The summed E-state index contributed by atoms with van der Waals surface area (Å²) in [5.41, 5.74) is 0. The van der Waals surface area contributed by atoms with Gasteiger partial charge in [-0.25, -0.2) is 0 Å². The Bertz CT molecular complexity index is 347. The Hall–Kier alpha value is -1.10. The molecule has 0 aliphatic heterocycles. The van der Waals surface area contributed by atoms with Crippen molar-refractivity contribution in [3.05, 3.63) is 5.89 Å². The summed E-state index contributed by atoms with van der Waals surface area (Å²) >= 11 is 0. The fraction of sp³-hybridized carbons (Fsp3) is 0.846. The molecule has 1 aromatic heterocycles. The molecular formula is C13H24N4O. The van der Waals surface area contributed by atoms with Gasteiger partial charge in [0.05, 0.1) is 6.54 Å². The van der Waals surface area contributed by atoms with Crippen molar-refractivity contribution in [2.75, 3.05) is 11.9 Å². The molecule has 0 atom stereocenters. The van der Waals surface area contributed by atoms with Gasteiger partial charge in [0.25, 0.3) is 0 Å². The molecule has 0 saturated heterocycles. The second kappa shape index (κ2) is 6.73. The molecule has 0 aromatic carbocycles. The lowest BCUT2D eigenvalue weighted by Gasteiger charge is -2.04. The molecular weight excluding hydrogens is 228 g/mol. The van der Waals surface area contributed by atoms with Crippen LogP contribution in [0, 0.1) is 5.92 Å². The number of anilines is 1. The number of hydrogen-bond donors (Lipinski definition) is 2. The van der Waals surface area contributed by atoms with Crippen LogP contribution in [-0.4, -0.2) is 22.8 Å². The van der Waals surface area contributed by atoms with E-state index >= 15 is 0 Å². The summed E-state index contributed by atoms with van der Waals surface area (Å²) < 4.78 is 5.49. The average Bonchev–Trinajstić information content (AvgIpc) is 3.06. The molecule has 5 heteroatoms. The normalized spacial score (nSPS) is 15.3. The lowest BCUT2D eigenvalue weighted by atomic mass is 10.1. The first-order chi connectivity index (χ1) is 8.74. The van der Waals surface area contributed by atoms with Crippen LogP contribution in [0.1, 0.15) is 51.8 Å². The number of unbranched alkanes of at least 4 members (excludes halogenated alkanes) is 1. The molecule has 1 fully saturated rings. The third-order valence-corrected chi connectivity index (χ3v) is 3.07. The summed E-state index contributed by atoms with van der Waals surface area (Å²) in [7, 11) is 0. The average molecular weight is 252 g/mol. The maximum absolute atomic E-state index is 5.49. The standard InChI is InChI=1S/C13H24N4O/c1-10(2)5-3-4-8-14-13-17-16-12(18-13)9-15-11-6-7-11/h10-11,15H,3-9H2,1-2H3,(H,14,17). The van der Waals surface area contributed by atoms with Gasteiger partial charge in [-0.1, -0.05) is 31.8 Å². The molecule has 18 heavy (non-hydrogen) atoms. The minimum Gasteiger partial charge on any atom is -0.407 e. The lowest BCUT2D eigenvalue weighted by molar-refractivity contribution is 0.474. The van der Waals surface area contributed by atoms with Crippen LogP contribution >= 0.6 is 0 Å². The van der Waals surface area contributed by atoms with Gasteiger partial charge in [-0.15, -0.1) is 5.10 Å². The van der Waals surface area contributed by atoms with Crippen molar-refractivity contribution in [2.45, 2.75) is 58.5 Å². The summed E-state index contributed by atoms with van der Waals surface area (Å²) in [6.45, 7) is 6.10. The molecule has 0 bridgehead atoms. The van der Waals surface area contributed by atoms with Crippen LogP contribution in [-0.2, 0) is 6.54 Å². The van der Waals surface area contributed by atoms with Crippen molar-refractivity contribution in [3.63, 3.8) is 0 Å². The van der Waals surface area contributed by atoms with Crippen LogP contribution < -0.4 is 10.6 Å². The highest BCUT2D eigenvalue weighted by Crippen LogP contribution is 2.19. The van der Waals surface area contributed by atoms with Gasteiger partial charge in [0.2, 0.25) is 5.89 Å². The van der Waals surface area contributed by atoms with Crippen molar-refractivity contribution in [3.8, 4) is 0 Å². The molecule has 1 aliphatic rings. The quantitative estimate of drug-likeness (QED) is 0.661. The van der Waals surface area contributed by atoms with E-state index in [0.29, 0.717) is 24.5 Å². The van der Waals surface area contributed by atoms with E-state index in [9.17, 15) is 0 Å². The van der Waals surface area contributed by atoms with Crippen molar-refractivity contribution in [2.24, 2.45) is 5.92 Å². The number of nitrogens with one attached hydrogen (secondary N) is 2. The molecule has 0 amide bonds. The molecule has 1 saturated carbocycles. The van der Waals surface area contributed by atoms with E-state index in [1.54, 1.807) is 0 Å². The molecule has 2 rings (SSSR count). The van der Waals surface area contributed by atoms with Crippen LogP contribution in [0.3, 0.4) is 0 Å². The molecule has 0 unspecified atom stereocenters. The van der Waals surface area contributed by atoms with Crippen LogP contribution in [0.25, 0.3) is 0 Å². The maximum atomic E-state index is 5.49. The monoisotopic (exact) mass is 252 g/mol. The Morgan fingerprint density at radius 2 is 2.11 bits per heavy atom. The van der Waals surface area contributed by atoms with E-state index in [0.717, 1.165) is 18.9 Å². The van der Waals surface area contributed by atoms with Crippen LogP contribution in [0.15, 0.2) is 4.42 Å². The van der Waals surface area contributed by atoms with Crippen molar-refractivity contribution >= 4 is 6.01 Å². The van der Waals surface area contributed by atoms with Gasteiger partial charge in [-0.3, -0.25) is 0 Å². The predicted octanol–water partition coefficient (Wildman–Crippen LogP) is 2.56. The summed E-state index contributed by atoms with van der Waals surface area (Å²) in [6.07, 6.45) is 6.22. The van der Waals surface area contributed by atoms with Crippen molar-refractivity contribution < 1.29 is 4.42 Å². The SMILES string of the molecule is CC(C)CCCCNc1nnc(CNC2CC2)o1. The third-order valence-electron chi connectivity index (χ3n) is 3.07. The minimum absolute atomic E-state index is 0.548. The topological polar surface area (TPSA) is 63.0 Å². The Balaban J connectivity index is 1.57. The lowest BCUT2D eigenvalue weighted by Crippen LogP contribution is -2.15. The zero-order chi connectivity index (χ0) is 12.8. The van der Waals surface area contributed by atoms with E-state index in [-0.39, 0.29) is 0 Å². The van der Waals surface area contributed by atoms with Gasteiger partial charge >= 0.3 is 6.01 Å². The van der Waals surface area contributed by atoms with Gasteiger partial charge in [0.1, 0.15) is 0 Å². The van der Waals surface area contributed by atoms with Crippen LogP contribution in [0.5, 0.6) is 0 Å². The molecule has 102 valence electrons. The highest BCUT2D eigenvalue weighted by atomic mass is 16.4. The highest BCUT2D eigenvalue weighted by Gasteiger charge is 2.21. The molecule has 2 N–H and O–H groups in total. The van der Waals surface area contributed by atoms with Gasteiger partial charge in [0, 0.05) is 12.6 Å².